The number of nitrogens with two attached hydrogens (primary N) is 1. The lowest BCUT2D eigenvalue weighted by molar-refractivity contribution is 0.248. The second-order valence-corrected chi connectivity index (χ2v) is 3.39. The average molecular weight is 192 g/mol. The van der Waals surface area contributed by atoms with E-state index in [9.17, 15) is 4.79 Å². The molecule has 0 unspecified atom stereocenters. The highest BCUT2D eigenvalue weighted by Gasteiger charge is 2.04. The zero-order valence-electron chi connectivity index (χ0n) is 8.36. The molecular weight excluding hydrogens is 176 g/mol. The number of hydrogen-bond acceptors (Lipinski definition) is 1. The van der Waals surface area contributed by atoms with Crippen molar-refractivity contribution in [1.29, 1.82) is 0 Å². The zero-order valence-corrected chi connectivity index (χ0v) is 8.36. The molecule has 3 nitrogen and oxygen atoms in total. The van der Waals surface area contributed by atoms with E-state index in [0.717, 1.165) is 6.42 Å². The Balaban J connectivity index is 2.36. The van der Waals surface area contributed by atoms with E-state index in [1.165, 1.54) is 5.56 Å². The topological polar surface area (TPSA) is 55.1 Å². The van der Waals surface area contributed by atoms with Gasteiger partial charge >= 0.3 is 6.03 Å². The molecule has 0 saturated heterocycles. The van der Waals surface area contributed by atoms with E-state index in [4.69, 9.17) is 5.73 Å². The predicted molar refractivity (Wildman–Crippen MR) is 57.1 cm³/mol. The highest BCUT2D eigenvalue weighted by molar-refractivity contribution is 5.71. The van der Waals surface area contributed by atoms with Crippen molar-refractivity contribution in [3.63, 3.8) is 0 Å². The minimum Gasteiger partial charge on any atom is -0.352 e. The van der Waals surface area contributed by atoms with Crippen molar-refractivity contribution in [2.75, 3.05) is 6.54 Å². The van der Waals surface area contributed by atoms with Gasteiger partial charge in [-0.2, -0.15) is 0 Å². The first-order valence-electron chi connectivity index (χ1n) is 4.78. The van der Waals surface area contributed by atoms with Crippen molar-refractivity contribution >= 4 is 6.03 Å². The van der Waals surface area contributed by atoms with Gasteiger partial charge in [0.2, 0.25) is 0 Å². The Morgan fingerprint density at radius 2 is 2.07 bits per heavy atom. The fraction of sp³-hybridized carbons (Fsp3) is 0.364. The van der Waals surface area contributed by atoms with Gasteiger partial charge in [0.1, 0.15) is 0 Å². The van der Waals surface area contributed by atoms with Crippen LogP contribution < -0.4 is 11.1 Å². The smallest absolute Gasteiger partial charge is 0.312 e. The predicted octanol–water partition coefficient (Wildman–Crippen LogP) is 1.85. The number of benzene rings is 1. The number of hydrogen-bond donors (Lipinski definition) is 2. The molecule has 0 aliphatic rings. The summed E-state index contributed by atoms with van der Waals surface area (Å²) in [6.45, 7) is 2.77. The van der Waals surface area contributed by atoms with Gasteiger partial charge in [0.05, 0.1) is 0 Å². The van der Waals surface area contributed by atoms with Crippen molar-refractivity contribution in [2.45, 2.75) is 19.3 Å². The molecule has 0 spiro atoms. The molecule has 2 amide bonds. The van der Waals surface area contributed by atoms with Gasteiger partial charge in [-0.3, -0.25) is 0 Å². The first-order valence-corrected chi connectivity index (χ1v) is 4.78. The third-order valence-corrected chi connectivity index (χ3v) is 2.25. The van der Waals surface area contributed by atoms with Crippen molar-refractivity contribution < 1.29 is 4.79 Å². The molecule has 0 fully saturated rings. The van der Waals surface area contributed by atoms with Crippen LogP contribution in [-0.2, 0) is 0 Å². The lowest BCUT2D eigenvalue weighted by Gasteiger charge is -2.11. The molecule has 14 heavy (non-hydrogen) atoms. The van der Waals surface area contributed by atoms with Gasteiger partial charge in [0.15, 0.2) is 0 Å². The van der Waals surface area contributed by atoms with Gasteiger partial charge in [-0.15, -0.1) is 0 Å². The maximum Gasteiger partial charge on any atom is 0.312 e. The normalized spacial score (nSPS) is 12.1. The summed E-state index contributed by atoms with van der Waals surface area (Å²) in [5.74, 6) is 0.447. The van der Waals surface area contributed by atoms with Crippen LogP contribution >= 0.6 is 0 Å². The Labute approximate surface area is 84.3 Å². The van der Waals surface area contributed by atoms with Crippen LogP contribution in [0.3, 0.4) is 0 Å². The summed E-state index contributed by atoms with van der Waals surface area (Å²) in [5.41, 5.74) is 6.26. The second-order valence-electron chi connectivity index (χ2n) is 3.39. The molecule has 1 rings (SSSR count). The third kappa shape index (κ3) is 3.47. The average Bonchev–Trinajstić information content (AvgIpc) is 2.18. The molecule has 3 heteroatoms. The molecule has 1 atom stereocenters. The maximum atomic E-state index is 10.4. The Hall–Kier alpha value is -1.51. The highest BCUT2D eigenvalue weighted by atomic mass is 16.2. The van der Waals surface area contributed by atoms with Gasteiger partial charge in [0.25, 0.3) is 0 Å². The lowest BCUT2D eigenvalue weighted by Crippen LogP contribution is -2.30. The molecule has 0 radical (unpaired) electrons. The number of nitrogens with one attached hydrogen (secondary N) is 1. The number of amides is 2. The second kappa shape index (κ2) is 5.27. The van der Waals surface area contributed by atoms with Crippen LogP contribution in [0.1, 0.15) is 24.8 Å². The van der Waals surface area contributed by atoms with E-state index in [1.54, 1.807) is 0 Å². The first kappa shape index (κ1) is 10.6. The molecule has 1 aromatic rings. The van der Waals surface area contributed by atoms with E-state index in [0.29, 0.717) is 12.5 Å². The number of carbonyl (C=O) groups excluding carboxylic acids is 1. The fourth-order valence-corrected chi connectivity index (χ4v) is 1.36. The quantitative estimate of drug-likeness (QED) is 0.751. The summed E-state index contributed by atoms with van der Waals surface area (Å²) in [7, 11) is 0. The summed E-state index contributed by atoms with van der Waals surface area (Å²) in [6.07, 6.45) is 0.910. The van der Waals surface area contributed by atoms with Crippen LogP contribution in [0.25, 0.3) is 0 Å². The highest BCUT2D eigenvalue weighted by Crippen LogP contribution is 2.17. The van der Waals surface area contributed by atoms with E-state index < -0.39 is 6.03 Å². The van der Waals surface area contributed by atoms with E-state index in [1.807, 2.05) is 18.2 Å². The third-order valence-electron chi connectivity index (χ3n) is 2.25. The minimum absolute atomic E-state index is 0.447. The van der Waals surface area contributed by atoms with Crippen molar-refractivity contribution in [3.8, 4) is 0 Å². The number of carbonyl (C=O) groups is 1. The summed E-state index contributed by atoms with van der Waals surface area (Å²) in [6, 6.07) is 9.77. The van der Waals surface area contributed by atoms with Crippen LogP contribution in [0.5, 0.6) is 0 Å². The lowest BCUT2D eigenvalue weighted by atomic mass is 9.98. The zero-order chi connectivity index (χ0) is 10.4. The van der Waals surface area contributed by atoms with E-state index in [2.05, 4.69) is 24.4 Å². The number of rotatable bonds is 4. The van der Waals surface area contributed by atoms with E-state index in [-0.39, 0.29) is 0 Å². The van der Waals surface area contributed by atoms with Gasteiger partial charge in [-0.1, -0.05) is 37.3 Å². The summed E-state index contributed by atoms with van der Waals surface area (Å²) in [4.78, 5) is 10.4. The van der Waals surface area contributed by atoms with Crippen LogP contribution in [-0.4, -0.2) is 12.6 Å². The van der Waals surface area contributed by atoms with Crippen molar-refractivity contribution in [2.24, 2.45) is 5.73 Å². The minimum atomic E-state index is -0.453. The maximum absolute atomic E-state index is 10.4. The Bertz CT molecular complexity index is 285. The van der Waals surface area contributed by atoms with Gasteiger partial charge in [-0.25, -0.2) is 4.79 Å². The molecule has 1 aromatic carbocycles. The SMILES string of the molecule is C[C@H](CCNC(N)=O)c1ccccc1. The summed E-state index contributed by atoms with van der Waals surface area (Å²) in [5, 5.41) is 2.59. The molecule has 76 valence electrons. The molecule has 0 aliphatic heterocycles. The molecule has 0 heterocycles. The molecular formula is C11H16N2O. The standard InChI is InChI=1S/C11H16N2O/c1-9(7-8-13-11(12)14)10-5-3-2-4-6-10/h2-6,9H,7-8H2,1H3,(H3,12,13,14)/t9-/m1/s1. The van der Waals surface area contributed by atoms with Crippen LogP contribution in [0.15, 0.2) is 30.3 Å². The van der Waals surface area contributed by atoms with Crippen LogP contribution in [0.2, 0.25) is 0 Å². The van der Waals surface area contributed by atoms with Gasteiger partial charge < -0.3 is 11.1 Å². The van der Waals surface area contributed by atoms with Crippen molar-refractivity contribution in [1.82, 2.24) is 5.32 Å². The molecule has 0 saturated carbocycles. The fourth-order valence-electron chi connectivity index (χ4n) is 1.36. The molecule has 0 aliphatic carbocycles. The molecule has 0 aromatic heterocycles. The van der Waals surface area contributed by atoms with Gasteiger partial charge in [0, 0.05) is 6.54 Å². The van der Waals surface area contributed by atoms with E-state index >= 15 is 0 Å². The van der Waals surface area contributed by atoms with Crippen LogP contribution in [0.4, 0.5) is 4.79 Å². The first-order chi connectivity index (χ1) is 6.70. The van der Waals surface area contributed by atoms with Crippen molar-refractivity contribution in [3.05, 3.63) is 35.9 Å². The Kier molecular flexibility index (Phi) is 3.98. The molecule has 3 N–H and O–H groups in total. The van der Waals surface area contributed by atoms with Crippen LogP contribution in [0, 0.1) is 0 Å². The summed E-state index contributed by atoms with van der Waals surface area (Å²) < 4.78 is 0. The number of urea groups is 1. The van der Waals surface area contributed by atoms with Gasteiger partial charge in [-0.05, 0) is 17.9 Å². The monoisotopic (exact) mass is 192 g/mol. The molecule has 0 bridgehead atoms. The summed E-state index contributed by atoms with van der Waals surface area (Å²) >= 11 is 0. The largest absolute Gasteiger partial charge is 0.352 e. The Morgan fingerprint density at radius 1 is 1.43 bits per heavy atom. The number of primary amides is 1. The Morgan fingerprint density at radius 3 is 2.64 bits per heavy atom.